The van der Waals surface area contributed by atoms with Crippen molar-refractivity contribution in [2.75, 3.05) is 20.3 Å². The van der Waals surface area contributed by atoms with Crippen LogP contribution in [0.15, 0.2) is 48.0 Å². The fourth-order valence-electron chi connectivity index (χ4n) is 4.27. The van der Waals surface area contributed by atoms with E-state index in [1.807, 2.05) is 22.6 Å². The van der Waals surface area contributed by atoms with E-state index in [1.54, 1.807) is 31.2 Å². The SMILES string of the molecule is CCC(=O)N(Cc1ccc(F)cc1)C1CC(C(=O)NCCO)=CC(Oc2c(I)cc(CO)cc2OC)C1O. The average Bonchev–Trinajstić information content (AvgIpc) is 2.92. The molecule has 3 unspecified atom stereocenters. The number of carbonyl (C=O) groups is 2. The van der Waals surface area contributed by atoms with E-state index in [9.17, 15) is 24.2 Å². The van der Waals surface area contributed by atoms with E-state index in [-0.39, 0.29) is 50.6 Å². The summed E-state index contributed by atoms with van der Waals surface area (Å²) in [4.78, 5) is 27.5. The number of aliphatic hydroxyl groups is 3. The Labute approximate surface area is 234 Å². The molecular weight excluding hydrogens is 610 g/mol. The van der Waals surface area contributed by atoms with Crippen molar-refractivity contribution in [1.82, 2.24) is 10.2 Å². The Morgan fingerprint density at radius 1 is 1.18 bits per heavy atom. The third-order valence-electron chi connectivity index (χ3n) is 6.23. The minimum atomic E-state index is -1.22. The second-order valence-corrected chi connectivity index (χ2v) is 9.95. The summed E-state index contributed by atoms with van der Waals surface area (Å²) in [6, 6.07) is 8.22. The summed E-state index contributed by atoms with van der Waals surface area (Å²) in [5.74, 6) is -0.466. The molecule has 3 atom stereocenters. The Bertz CT molecular complexity index is 1160. The highest BCUT2D eigenvalue weighted by atomic mass is 127. The van der Waals surface area contributed by atoms with Gasteiger partial charge in [0.15, 0.2) is 11.5 Å². The third kappa shape index (κ3) is 7.22. The summed E-state index contributed by atoms with van der Waals surface area (Å²) >= 11 is 2.03. The monoisotopic (exact) mass is 642 g/mol. The topological polar surface area (TPSA) is 129 Å². The quantitative estimate of drug-likeness (QED) is 0.277. The van der Waals surface area contributed by atoms with Crippen LogP contribution in [0.4, 0.5) is 4.39 Å². The van der Waals surface area contributed by atoms with Gasteiger partial charge in [0.05, 0.1) is 29.9 Å². The van der Waals surface area contributed by atoms with Gasteiger partial charge in [0.1, 0.15) is 18.0 Å². The van der Waals surface area contributed by atoms with Gasteiger partial charge in [0.25, 0.3) is 0 Å². The lowest BCUT2D eigenvalue weighted by molar-refractivity contribution is -0.139. The van der Waals surface area contributed by atoms with E-state index in [2.05, 4.69) is 5.32 Å². The first-order valence-corrected chi connectivity index (χ1v) is 13.3. The van der Waals surface area contributed by atoms with Gasteiger partial charge in [0.2, 0.25) is 11.8 Å². The van der Waals surface area contributed by atoms with Gasteiger partial charge in [-0.2, -0.15) is 0 Å². The molecule has 0 aromatic heterocycles. The van der Waals surface area contributed by atoms with E-state index in [0.29, 0.717) is 26.2 Å². The highest BCUT2D eigenvalue weighted by Gasteiger charge is 2.40. The number of aliphatic hydroxyl groups excluding tert-OH is 3. The van der Waals surface area contributed by atoms with Crippen LogP contribution in [0.1, 0.15) is 30.9 Å². The van der Waals surface area contributed by atoms with Gasteiger partial charge in [-0.3, -0.25) is 9.59 Å². The largest absolute Gasteiger partial charge is 0.493 e. The fraction of sp³-hybridized carbons (Fsp3) is 0.407. The maximum atomic E-state index is 13.5. The van der Waals surface area contributed by atoms with Gasteiger partial charge in [0, 0.05) is 31.5 Å². The van der Waals surface area contributed by atoms with E-state index >= 15 is 0 Å². The molecule has 0 heterocycles. The number of halogens is 2. The summed E-state index contributed by atoms with van der Waals surface area (Å²) in [5.41, 5.74) is 1.56. The summed E-state index contributed by atoms with van der Waals surface area (Å²) < 4.78 is 25.7. The molecule has 2 amide bonds. The van der Waals surface area contributed by atoms with Gasteiger partial charge in [-0.05, 0) is 64.1 Å². The number of rotatable bonds is 11. The Balaban J connectivity index is 2.01. The standard InChI is InChI=1S/C27H32FIN2O7/c1-3-24(34)31(14-16-4-6-19(28)7-5-16)21-12-18(27(36)30-8-9-32)13-22(25(21)35)38-26-20(29)10-17(15-33)11-23(26)37-2/h4-7,10-11,13,21-22,25,32-33,35H,3,8-9,12,14-15H2,1-2H3,(H,30,36). The number of amides is 2. The van der Waals surface area contributed by atoms with Crippen LogP contribution >= 0.6 is 22.6 Å². The van der Waals surface area contributed by atoms with Gasteiger partial charge < -0.3 is 35.0 Å². The summed E-state index contributed by atoms with van der Waals surface area (Å²) in [5, 5.41) is 32.8. The van der Waals surface area contributed by atoms with Gasteiger partial charge in [-0.15, -0.1) is 0 Å². The molecule has 206 valence electrons. The van der Waals surface area contributed by atoms with Gasteiger partial charge >= 0.3 is 0 Å². The van der Waals surface area contributed by atoms with Crippen molar-refractivity contribution in [2.45, 2.75) is 51.2 Å². The first-order valence-electron chi connectivity index (χ1n) is 12.2. The lowest BCUT2D eigenvalue weighted by atomic mass is 9.87. The number of hydrogen-bond acceptors (Lipinski definition) is 7. The predicted octanol–water partition coefficient (Wildman–Crippen LogP) is 2.29. The van der Waals surface area contributed by atoms with Crippen LogP contribution in [-0.2, 0) is 22.7 Å². The zero-order valence-electron chi connectivity index (χ0n) is 21.2. The van der Waals surface area contributed by atoms with E-state index in [0.717, 1.165) is 0 Å². The molecular formula is C27H32FIN2O7. The number of nitrogens with zero attached hydrogens (tertiary/aromatic N) is 1. The number of ether oxygens (including phenoxy) is 2. The van der Waals surface area contributed by atoms with Crippen LogP contribution in [0.3, 0.4) is 0 Å². The van der Waals surface area contributed by atoms with Crippen molar-refractivity contribution in [3.63, 3.8) is 0 Å². The predicted molar refractivity (Wildman–Crippen MR) is 146 cm³/mol. The molecule has 2 aromatic carbocycles. The lowest BCUT2D eigenvalue weighted by Gasteiger charge is -2.40. The van der Waals surface area contributed by atoms with Crippen LogP contribution in [-0.4, -0.2) is 70.5 Å². The van der Waals surface area contributed by atoms with Crippen LogP contribution < -0.4 is 14.8 Å². The minimum absolute atomic E-state index is 0.0381. The summed E-state index contributed by atoms with van der Waals surface area (Å²) in [7, 11) is 1.45. The first kappa shape index (κ1) is 29.8. The smallest absolute Gasteiger partial charge is 0.247 e. The van der Waals surface area contributed by atoms with Crippen molar-refractivity contribution in [2.24, 2.45) is 0 Å². The third-order valence-corrected chi connectivity index (χ3v) is 7.03. The Hall–Kier alpha value is -2.74. The van der Waals surface area contributed by atoms with Crippen molar-refractivity contribution in [1.29, 1.82) is 0 Å². The molecule has 0 bridgehead atoms. The molecule has 38 heavy (non-hydrogen) atoms. The maximum Gasteiger partial charge on any atom is 0.247 e. The number of hydrogen-bond donors (Lipinski definition) is 4. The second-order valence-electron chi connectivity index (χ2n) is 8.78. The molecule has 0 aliphatic heterocycles. The summed E-state index contributed by atoms with van der Waals surface area (Å²) in [6.07, 6.45) is -0.552. The van der Waals surface area contributed by atoms with Crippen LogP contribution in [0.2, 0.25) is 0 Å². The van der Waals surface area contributed by atoms with Crippen molar-refractivity contribution in [3.8, 4) is 11.5 Å². The molecule has 11 heteroatoms. The highest BCUT2D eigenvalue weighted by molar-refractivity contribution is 14.1. The number of benzene rings is 2. The molecule has 9 nitrogen and oxygen atoms in total. The summed E-state index contributed by atoms with van der Waals surface area (Å²) in [6.45, 7) is 1.38. The van der Waals surface area contributed by atoms with Crippen LogP contribution in [0, 0.1) is 9.39 Å². The Morgan fingerprint density at radius 3 is 2.50 bits per heavy atom. The number of nitrogens with one attached hydrogen (secondary N) is 1. The maximum absolute atomic E-state index is 13.5. The molecule has 1 aliphatic carbocycles. The molecule has 0 saturated heterocycles. The lowest BCUT2D eigenvalue weighted by Crippen LogP contribution is -2.54. The highest BCUT2D eigenvalue weighted by Crippen LogP contribution is 2.37. The van der Waals surface area contributed by atoms with Crippen molar-refractivity contribution in [3.05, 3.63) is 68.6 Å². The molecule has 4 N–H and O–H groups in total. The fourth-order valence-corrected chi connectivity index (χ4v) is 5.07. The van der Waals surface area contributed by atoms with E-state index < -0.39 is 30.0 Å². The van der Waals surface area contributed by atoms with Gasteiger partial charge in [-0.25, -0.2) is 4.39 Å². The molecule has 1 aliphatic rings. The number of methoxy groups -OCH3 is 1. The zero-order chi connectivity index (χ0) is 27.8. The van der Waals surface area contributed by atoms with Crippen molar-refractivity contribution >= 4 is 34.4 Å². The molecule has 2 aromatic rings. The van der Waals surface area contributed by atoms with E-state index in [4.69, 9.17) is 14.6 Å². The van der Waals surface area contributed by atoms with Crippen LogP contribution in [0.25, 0.3) is 0 Å². The Kier molecular flexibility index (Phi) is 10.9. The number of carbonyl (C=O) groups excluding carboxylic acids is 2. The van der Waals surface area contributed by atoms with E-state index in [1.165, 1.54) is 30.2 Å². The Morgan fingerprint density at radius 2 is 1.89 bits per heavy atom. The normalized spacial score (nSPS) is 18.9. The molecule has 0 spiro atoms. The molecule has 0 saturated carbocycles. The molecule has 3 rings (SSSR count). The first-order chi connectivity index (χ1) is 18.2. The zero-order valence-corrected chi connectivity index (χ0v) is 23.4. The molecule has 0 fully saturated rings. The van der Waals surface area contributed by atoms with Gasteiger partial charge in [-0.1, -0.05) is 19.1 Å². The molecule has 0 radical (unpaired) electrons. The average molecular weight is 642 g/mol. The minimum Gasteiger partial charge on any atom is -0.493 e. The second kappa shape index (κ2) is 13.9. The van der Waals surface area contributed by atoms with Crippen LogP contribution in [0.5, 0.6) is 11.5 Å². The van der Waals surface area contributed by atoms with Crippen molar-refractivity contribution < 1.29 is 38.8 Å².